The lowest BCUT2D eigenvalue weighted by Crippen LogP contribution is -2.44. The highest BCUT2D eigenvalue weighted by Gasteiger charge is 2.18. The summed E-state index contributed by atoms with van der Waals surface area (Å²) in [5.41, 5.74) is 2.25. The smallest absolute Gasteiger partial charge is 0.237 e. The van der Waals surface area contributed by atoms with Crippen molar-refractivity contribution in [1.29, 1.82) is 0 Å². The van der Waals surface area contributed by atoms with E-state index in [-0.39, 0.29) is 24.4 Å². The Kier molecular flexibility index (Phi) is 15.4. The number of rotatable bonds is 13. The van der Waals surface area contributed by atoms with Crippen LogP contribution in [0.25, 0.3) is 0 Å². The first-order valence-corrected chi connectivity index (χ1v) is 14.1. The second-order valence-corrected chi connectivity index (χ2v) is 11.5. The van der Waals surface area contributed by atoms with Crippen LogP contribution in [-0.4, -0.2) is 64.8 Å². The summed E-state index contributed by atoms with van der Waals surface area (Å²) in [6.07, 6.45) is 2.22. The molecule has 2 rings (SSSR count). The van der Waals surface area contributed by atoms with E-state index >= 15 is 0 Å². The molecule has 0 bridgehead atoms. The van der Waals surface area contributed by atoms with E-state index in [9.17, 15) is 4.79 Å². The van der Waals surface area contributed by atoms with Gasteiger partial charge in [-0.3, -0.25) is 4.79 Å². The van der Waals surface area contributed by atoms with Gasteiger partial charge in [-0.25, -0.2) is 0 Å². The Morgan fingerprint density at radius 3 is 2.03 bits per heavy atom. The molecule has 1 atom stereocenters. The zero-order valence-corrected chi connectivity index (χ0v) is 27.4. The number of halogens is 5. The normalized spacial score (nSPS) is 11.7. The van der Waals surface area contributed by atoms with E-state index in [0.717, 1.165) is 47.9 Å². The molecular weight excluding hydrogens is 733 g/mol. The number of amides is 1. The molecule has 0 aliphatic carbocycles. The first-order chi connectivity index (χ1) is 16.2. The molecule has 2 aromatic rings. The van der Waals surface area contributed by atoms with Crippen LogP contribution in [0, 0.1) is 0 Å². The van der Waals surface area contributed by atoms with E-state index in [1.807, 2.05) is 12.1 Å². The van der Waals surface area contributed by atoms with Crippen molar-refractivity contribution in [2.45, 2.75) is 25.3 Å². The number of benzene rings is 2. The Morgan fingerprint density at radius 1 is 0.971 bits per heavy atom. The Balaban J connectivity index is 0.00000612. The van der Waals surface area contributed by atoms with Crippen LogP contribution >= 0.6 is 76.1 Å². The zero-order chi connectivity index (χ0) is 25.3. The van der Waals surface area contributed by atoms with E-state index in [1.165, 1.54) is 5.56 Å². The highest BCUT2D eigenvalue weighted by atomic mass is 79.9. The fraction of sp³-hybridized carbons (Fsp3) is 0.458. The molecule has 2 aromatic carbocycles. The number of hydrogen-bond acceptors (Lipinski definition) is 5. The number of hydrogen-bond donors (Lipinski definition) is 2. The van der Waals surface area contributed by atoms with Crippen molar-refractivity contribution in [2.75, 3.05) is 47.9 Å². The molecule has 0 aliphatic heterocycles. The third kappa shape index (κ3) is 10.5. The van der Waals surface area contributed by atoms with Crippen LogP contribution in [0.4, 0.5) is 0 Å². The van der Waals surface area contributed by atoms with Crippen LogP contribution in [0.5, 0.6) is 11.5 Å². The molecule has 0 spiro atoms. The minimum absolute atomic E-state index is 0. The summed E-state index contributed by atoms with van der Waals surface area (Å²) in [4.78, 5) is 14.8. The van der Waals surface area contributed by atoms with Gasteiger partial charge in [0.05, 0.1) is 37.6 Å². The Morgan fingerprint density at radius 2 is 1.51 bits per heavy atom. The largest absolute Gasteiger partial charge is 0.494 e. The van der Waals surface area contributed by atoms with Gasteiger partial charge < -0.3 is 25.0 Å². The maximum atomic E-state index is 12.7. The average molecular weight is 766 g/mol. The first-order valence-electron chi connectivity index (χ1n) is 10.9. The number of methoxy groups -OCH3 is 1. The van der Waals surface area contributed by atoms with Crippen LogP contribution in [0.2, 0.25) is 0 Å². The Hall–Kier alpha value is -0.360. The lowest BCUT2D eigenvalue weighted by molar-refractivity contribution is -0.123. The molecule has 0 fully saturated rings. The van der Waals surface area contributed by atoms with Crippen molar-refractivity contribution in [1.82, 2.24) is 15.5 Å². The van der Waals surface area contributed by atoms with Crippen molar-refractivity contribution < 1.29 is 14.3 Å². The molecule has 0 aromatic heterocycles. The Labute approximate surface area is 248 Å². The minimum Gasteiger partial charge on any atom is -0.494 e. The van der Waals surface area contributed by atoms with Gasteiger partial charge in [0.25, 0.3) is 0 Å². The number of likely N-dealkylation sites (N-methyl/N-ethyl adjacent to an activating group) is 2. The fourth-order valence-electron chi connectivity index (χ4n) is 3.32. The Bertz CT molecular complexity index is 933. The third-order valence-electron chi connectivity index (χ3n) is 5.14. The summed E-state index contributed by atoms with van der Waals surface area (Å²) in [7, 11) is 7.54. The second kappa shape index (κ2) is 16.5. The van der Waals surface area contributed by atoms with Gasteiger partial charge in [-0.15, -0.1) is 12.4 Å². The van der Waals surface area contributed by atoms with Crippen molar-refractivity contribution in [3.63, 3.8) is 0 Å². The maximum absolute atomic E-state index is 12.7. The standard InChI is InChI=1S/C24H31Br4N3O3.ClH/c1-29-21(14-16-12-17(25)22(33-4)18(26)13-16)24(32)30-7-5-9-34-23-19(27)10-15(11-20(23)28)6-8-31(2)3;/h10-13,21,29H,5-9,14H2,1-4H3,(H,30,32);1H. The maximum Gasteiger partial charge on any atom is 0.237 e. The van der Waals surface area contributed by atoms with Crippen molar-refractivity contribution in [3.05, 3.63) is 53.3 Å². The molecule has 0 saturated heterocycles. The van der Waals surface area contributed by atoms with Crippen molar-refractivity contribution in [2.24, 2.45) is 0 Å². The molecule has 6 nitrogen and oxygen atoms in total. The minimum atomic E-state index is -0.342. The number of nitrogens with one attached hydrogen (secondary N) is 2. The molecule has 0 saturated carbocycles. The van der Waals surface area contributed by atoms with Crippen LogP contribution in [0.15, 0.2) is 42.2 Å². The summed E-state index contributed by atoms with van der Waals surface area (Å²) >= 11 is 14.3. The molecule has 0 aliphatic rings. The van der Waals surface area contributed by atoms with Crippen molar-refractivity contribution >= 4 is 82.0 Å². The van der Waals surface area contributed by atoms with E-state index in [0.29, 0.717) is 26.0 Å². The number of nitrogens with zero attached hydrogens (tertiary/aromatic N) is 1. The molecule has 1 unspecified atom stereocenters. The van der Waals surface area contributed by atoms with Crippen LogP contribution in [-0.2, 0) is 17.6 Å². The molecule has 35 heavy (non-hydrogen) atoms. The van der Waals surface area contributed by atoms with Crippen LogP contribution in [0.3, 0.4) is 0 Å². The van der Waals surface area contributed by atoms with Gasteiger partial charge in [0.15, 0.2) is 0 Å². The molecule has 0 heterocycles. The second-order valence-electron chi connectivity index (χ2n) is 8.07. The monoisotopic (exact) mass is 761 g/mol. The van der Waals surface area contributed by atoms with Gasteiger partial charge in [0.1, 0.15) is 11.5 Å². The van der Waals surface area contributed by atoms with Gasteiger partial charge in [-0.05, 0) is 140 Å². The molecule has 0 radical (unpaired) electrons. The summed E-state index contributed by atoms with van der Waals surface area (Å²) in [5, 5.41) is 6.10. The topological polar surface area (TPSA) is 62.8 Å². The van der Waals surface area contributed by atoms with Gasteiger partial charge >= 0.3 is 0 Å². The summed E-state index contributed by atoms with van der Waals surface area (Å²) in [6.45, 7) is 2.01. The average Bonchev–Trinajstić information content (AvgIpc) is 2.77. The van der Waals surface area contributed by atoms with Crippen molar-refractivity contribution in [3.8, 4) is 11.5 Å². The predicted octanol–water partition coefficient (Wildman–Crippen LogP) is 5.99. The molecule has 11 heteroatoms. The quantitative estimate of drug-likeness (QED) is 0.246. The van der Waals surface area contributed by atoms with E-state index < -0.39 is 0 Å². The van der Waals surface area contributed by atoms with Gasteiger partial charge in [-0.2, -0.15) is 0 Å². The zero-order valence-electron chi connectivity index (χ0n) is 20.2. The molecular formula is C24H32Br4ClN3O3. The SMILES string of the molecule is CNC(Cc1cc(Br)c(OC)c(Br)c1)C(=O)NCCCOc1c(Br)cc(CCN(C)C)cc1Br.Cl. The van der Waals surface area contributed by atoms with Crippen LogP contribution in [0.1, 0.15) is 17.5 Å². The number of carbonyl (C=O) groups excluding carboxylic acids is 1. The third-order valence-corrected chi connectivity index (χ3v) is 7.50. The number of ether oxygens (including phenoxy) is 2. The summed E-state index contributed by atoms with van der Waals surface area (Å²) in [5.74, 6) is 1.47. The summed E-state index contributed by atoms with van der Waals surface area (Å²) in [6, 6.07) is 7.79. The fourth-order valence-corrected chi connectivity index (χ4v) is 6.43. The number of carbonyl (C=O) groups is 1. The van der Waals surface area contributed by atoms with E-state index in [2.05, 4.69) is 105 Å². The molecule has 1 amide bonds. The molecule has 2 N–H and O–H groups in total. The van der Waals surface area contributed by atoms with E-state index in [1.54, 1.807) is 14.2 Å². The van der Waals surface area contributed by atoms with Gasteiger partial charge in [0.2, 0.25) is 5.91 Å². The predicted molar refractivity (Wildman–Crippen MR) is 159 cm³/mol. The lowest BCUT2D eigenvalue weighted by atomic mass is 10.1. The summed E-state index contributed by atoms with van der Waals surface area (Å²) < 4.78 is 14.8. The van der Waals surface area contributed by atoms with Crippen LogP contribution < -0.4 is 20.1 Å². The lowest BCUT2D eigenvalue weighted by Gasteiger charge is -2.18. The highest BCUT2D eigenvalue weighted by Crippen LogP contribution is 2.36. The van der Waals surface area contributed by atoms with Gasteiger partial charge in [0, 0.05) is 13.1 Å². The van der Waals surface area contributed by atoms with Gasteiger partial charge in [-0.1, -0.05) is 0 Å². The van der Waals surface area contributed by atoms with E-state index in [4.69, 9.17) is 9.47 Å². The highest BCUT2D eigenvalue weighted by molar-refractivity contribution is 9.11. The first kappa shape index (κ1) is 32.7. The molecule has 196 valence electrons.